The molecule has 0 aliphatic heterocycles. The summed E-state index contributed by atoms with van der Waals surface area (Å²) in [7, 11) is -2.69. The second-order valence-corrected chi connectivity index (χ2v) is 12.5. The molecular weight excluding hydrogens is 585 g/mol. The number of sulfonamides is 1. The Kier molecular flexibility index (Phi) is 11.5. The van der Waals surface area contributed by atoms with Crippen LogP contribution in [0.1, 0.15) is 32.8 Å². The second kappa shape index (κ2) is 14.6. The van der Waals surface area contributed by atoms with Crippen LogP contribution in [-0.4, -0.2) is 51.4 Å². The van der Waals surface area contributed by atoms with Crippen LogP contribution in [0.3, 0.4) is 0 Å². The van der Waals surface area contributed by atoms with E-state index in [2.05, 4.69) is 5.32 Å². The van der Waals surface area contributed by atoms with Crippen molar-refractivity contribution in [1.29, 1.82) is 0 Å². The molecule has 3 aromatic rings. The van der Waals surface area contributed by atoms with E-state index in [0.29, 0.717) is 40.0 Å². The quantitative estimate of drug-likeness (QED) is 0.262. The highest BCUT2D eigenvalue weighted by molar-refractivity contribution is 7.92. The minimum absolute atomic E-state index is 0.00676. The standard InChI is InChI=1S/C30H35Cl2N3O5S/c1-5-28(30(37)33-18-21(2)3)34(19-22-11-16-26(31)27(32)17-22)29(36)20-35(23-9-7-6-8-10-23)41(38,39)25-14-12-24(40-4)13-15-25/h6-17,21,28H,5,18-20H2,1-4H3,(H,33,37). The third-order valence-corrected chi connectivity index (χ3v) is 8.90. The summed E-state index contributed by atoms with van der Waals surface area (Å²) >= 11 is 12.3. The molecule has 0 fully saturated rings. The Labute approximate surface area is 252 Å². The summed E-state index contributed by atoms with van der Waals surface area (Å²) < 4.78 is 34.0. The molecule has 1 atom stereocenters. The molecule has 11 heteroatoms. The topological polar surface area (TPSA) is 96.0 Å². The molecule has 0 spiro atoms. The molecule has 0 bridgehead atoms. The molecule has 0 aliphatic carbocycles. The van der Waals surface area contributed by atoms with Gasteiger partial charge in [0, 0.05) is 13.1 Å². The van der Waals surface area contributed by atoms with E-state index >= 15 is 0 Å². The number of carbonyl (C=O) groups excluding carboxylic acids is 2. The maximum absolute atomic E-state index is 14.1. The van der Waals surface area contributed by atoms with E-state index in [9.17, 15) is 18.0 Å². The third-order valence-electron chi connectivity index (χ3n) is 6.38. The van der Waals surface area contributed by atoms with Gasteiger partial charge in [-0.05, 0) is 66.4 Å². The number of amides is 2. The van der Waals surface area contributed by atoms with E-state index in [1.807, 2.05) is 13.8 Å². The summed E-state index contributed by atoms with van der Waals surface area (Å²) in [5, 5.41) is 3.57. The van der Waals surface area contributed by atoms with Crippen molar-refractivity contribution in [2.75, 3.05) is 24.5 Å². The molecule has 3 rings (SSSR count). The predicted molar refractivity (Wildman–Crippen MR) is 163 cm³/mol. The molecule has 220 valence electrons. The number of hydrogen-bond acceptors (Lipinski definition) is 5. The van der Waals surface area contributed by atoms with Crippen molar-refractivity contribution in [2.24, 2.45) is 5.92 Å². The minimum atomic E-state index is -4.18. The van der Waals surface area contributed by atoms with Gasteiger partial charge in [-0.25, -0.2) is 8.42 Å². The van der Waals surface area contributed by atoms with Gasteiger partial charge in [0.1, 0.15) is 18.3 Å². The molecule has 0 saturated carbocycles. The number of methoxy groups -OCH3 is 1. The Morgan fingerprint density at radius 3 is 2.17 bits per heavy atom. The first-order valence-electron chi connectivity index (χ1n) is 13.2. The lowest BCUT2D eigenvalue weighted by molar-refractivity contribution is -0.140. The Morgan fingerprint density at radius 1 is 0.951 bits per heavy atom. The van der Waals surface area contributed by atoms with Crippen LogP contribution in [0.25, 0.3) is 0 Å². The van der Waals surface area contributed by atoms with E-state index in [1.165, 1.54) is 24.1 Å². The number of rotatable bonds is 13. The molecule has 3 aromatic carbocycles. The fourth-order valence-electron chi connectivity index (χ4n) is 4.17. The van der Waals surface area contributed by atoms with Gasteiger partial charge in [-0.3, -0.25) is 13.9 Å². The predicted octanol–water partition coefficient (Wildman–Crippen LogP) is 5.78. The van der Waals surface area contributed by atoms with Crippen LogP contribution in [0.4, 0.5) is 5.69 Å². The number of carbonyl (C=O) groups is 2. The van der Waals surface area contributed by atoms with Crippen LogP contribution in [0, 0.1) is 5.92 Å². The zero-order valence-electron chi connectivity index (χ0n) is 23.5. The van der Waals surface area contributed by atoms with Crippen molar-refractivity contribution in [1.82, 2.24) is 10.2 Å². The van der Waals surface area contributed by atoms with Crippen LogP contribution in [-0.2, 0) is 26.2 Å². The molecular formula is C30H35Cl2N3O5S. The monoisotopic (exact) mass is 619 g/mol. The fourth-order valence-corrected chi connectivity index (χ4v) is 5.91. The first-order valence-corrected chi connectivity index (χ1v) is 15.4. The van der Waals surface area contributed by atoms with Gasteiger partial charge < -0.3 is 15.0 Å². The van der Waals surface area contributed by atoms with Crippen molar-refractivity contribution in [3.63, 3.8) is 0 Å². The lowest BCUT2D eigenvalue weighted by Crippen LogP contribution is -2.52. The van der Waals surface area contributed by atoms with E-state index in [1.54, 1.807) is 67.6 Å². The Morgan fingerprint density at radius 2 is 1.61 bits per heavy atom. The molecule has 41 heavy (non-hydrogen) atoms. The molecule has 0 radical (unpaired) electrons. The maximum atomic E-state index is 14.1. The molecule has 0 saturated heterocycles. The number of nitrogens with zero attached hydrogens (tertiary/aromatic N) is 2. The number of ether oxygens (including phenoxy) is 1. The van der Waals surface area contributed by atoms with E-state index < -0.39 is 28.5 Å². The van der Waals surface area contributed by atoms with Crippen LogP contribution in [0.15, 0.2) is 77.7 Å². The largest absolute Gasteiger partial charge is 0.497 e. The van der Waals surface area contributed by atoms with Gasteiger partial charge >= 0.3 is 0 Å². The van der Waals surface area contributed by atoms with Crippen molar-refractivity contribution >= 4 is 50.7 Å². The van der Waals surface area contributed by atoms with Gasteiger partial charge in [-0.15, -0.1) is 0 Å². The van der Waals surface area contributed by atoms with Gasteiger partial charge in [-0.2, -0.15) is 0 Å². The third kappa shape index (κ3) is 8.38. The molecule has 8 nitrogen and oxygen atoms in total. The fraction of sp³-hybridized carbons (Fsp3) is 0.333. The van der Waals surface area contributed by atoms with E-state index in [4.69, 9.17) is 27.9 Å². The molecule has 1 N–H and O–H groups in total. The zero-order chi connectivity index (χ0) is 30.2. The zero-order valence-corrected chi connectivity index (χ0v) is 25.8. The van der Waals surface area contributed by atoms with E-state index in [-0.39, 0.29) is 23.3 Å². The van der Waals surface area contributed by atoms with Gasteiger partial charge in [-0.1, -0.05) is 68.2 Å². The minimum Gasteiger partial charge on any atom is -0.497 e. The van der Waals surface area contributed by atoms with Crippen LogP contribution in [0.2, 0.25) is 10.0 Å². The lowest BCUT2D eigenvalue weighted by Gasteiger charge is -2.33. The van der Waals surface area contributed by atoms with Crippen LogP contribution >= 0.6 is 23.2 Å². The summed E-state index contributed by atoms with van der Waals surface area (Å²) in [6.07, 6.45) is 0.313. The molecule has 0 aromatic heterocycles. The maximum Gasteiger partial charge on any atom is 0.264 e. The summed E-state index contributed by atoms with van der Waals surface area (Å²) in [6.45, 7) is 5.68. The van der Waals surface area contributed by atoms with Gasteiger partial charge in [0.2, 0.25) is 11.8 Å². The highest BCUT2D eigenvalue weighted by Gasteiger charge is 2.33. The lowest BCUT2D eigenvalue weighted by atomic mass is 10.1. The summed E-state index contributed by atoms with van der Waals surface area (Å²) in [5.41, 5.74) is 0.954. The Bertz CT molecular complexity index is 1430. The number of halogens is 2. The number of nitrogens with one attached hydrogen (secondary N) is 1. The molecule has 0 aliphatic rings. The van der Waals surface area contributed by atoms with Crippen LogP contribution in [0.5, 0.6) is 5.75 Å². The van der Waals surface area contributed by atoms with Crippen LogP contribution < -0.4 is 14.4 Å². The SMILES string of the molecule is CCC(C(=O)NCC(C)C)N(Cc1ccc(Cl)c(Cl)c1)C(=O)CN(c1ccccc1)S(=O)(=O)c1ccc(OC)cc1. The summed E-state index contributed by atoms with van der Waals surface area (Å²) in [4.78, 5) is 28.7. The van der Waals surface area contributed by atoms with Gasteiger partial charge in [0.15, 0.2) is 0 Å². The van der Waals surface area contributed by atoms with Crippen molar-refractivity contribution in [3.8, 4) is 5.75 Å². The summed E-state index contributed by atoms with van der Waals surface area (Å²) in [6, 6.07) is 18.4. The molecule has 2 amide bonds. The Balaban J connectivity index is 2.03. The number of anilines is 1. The molecule has 0 heterocycles. The second-order valence-electron chi connectivity index (χ2n) is 9.86. The average Bonchev–Trinajstić information content (AvgIpc) is 2.96. The highest BCUT2D eigenvalue weighted by Crippen LogP contribution is 2.27. The number of para-hydroxylation sites is 1. The first-order chi connectivity index (χ1) is 19.5. The number of benzene rings is 3. The molecule has 1 unspecified atom stereocenters. The number of hydrogen-bond donors (Lipinski definition) is 1. The van der Waals surface area contributed by atoms with Gasteiger partial charge in [0.05, 0.1) is 27.7 Å². The Hall–Kier alpha value is -3.27. The average molecular weight is 621 g/mol. The highest BCUT2D eigenvalue weighted by atomic mass is 35.5. The first kappa shape index (κ1) is 32.2. The van der Waals surface area contributed by atoms with Crippen molar-refractivity contribution < 1.29 is 22.7 Å². The normalized spacial score (nSPS) is 12.1. The summed E-state index contributed by atoms with van der Waals surface area (Å²) in [5.74, 6) is -0.168. The smallest absolute Gasteiger partial charge is 0.264 e. The van der Waals surface area contributed by atoms with Crippen molar-refractivity contribution in [3.05, 3.63) is 88.4 Å². The van der Waals surface area contributed by atoms with Gasteiger partial charge in [0.25, 0.3) is 10.0 Å². The van der Waals surface area contributed by atoms with E-state index in [0.717, 1.165) is 4.31 Å². The van der Waals surface area contributed by atoms with Crippen molar-refractivity contribution in [2.45, 2.75) is 44.7 Å².